The highest BCUT2D eigenvalue weighted by Gasteiger charge is 2.38. The van der Waals surface area contributed by atoms with E-state index >= 15 is 0 Å². The van der Waals surface area contributed by atoms with Crippen molar-refractivity contribution in [2.24, 2.45) is 0 Å². The van der Waals surface area contributed by atoms with Gasteiger partial charge in [0.05, 0.1) is 47.2 Å². The summed E-state index contributed by atoms with van der Waals surface area (Å²) in [4.78, 5) is 15.3. The van der Waals surface area contributed by atoms with E-state index in [0.717, 1.165) is 22.6 Å². The normalized spacial score (nSPS) is 15.3. The number of fused-ring (bicyclic) bond motifs is 1. The van der Waals surface area contributed by atoms with Crippen LogP contribution >= 0.6 is 22.6 Å². The van der Waals surface area contributed by atoms with Crippen molar-refractivity contribution < 1.29 is 19.0 Å². The fourth-order valence-corrected chi connectivity index (χ4v) is 4.86. The molecule has 7 heteroatoms. The molecule has 154 valence electrons. The molecule has 0 spiro atoms. The average molecular weight is 523 g/mol. The third-order valence-corrected chi connectivity index (χ3v) is 11.8. The van der Waals surface area contributed by atoms with Crippen molar-refractivity contribution in [3.63, 3.8) is 0 Å². The Hall–Kier alpha value is -2.00. The quantitative estimate of drug-likeness (QED) is 0.379. The number of rotatable bonds is 6. The average Bonchev–Trinajstić information content (AvgIpc) is 2.97. The Balaban J connectivity index is 2.15. The molecule has 3 rings (SSSR count). The van der Waals surface area contributed by atoms with Crippen molar-refractivity contribution in [3.8, 4) is 17.2 Å². The minimum atomic E-state index is -1.67. The van der Waals surface area contributed by atoms with E-state index in [2.05, 4.69) is 42.2 Å². The number of hydrogen-bond donors (Lipinski definition) is 0. The van der Waals surface area contributed by atoms with Crippen molar-refractivity contribution in [1.82, 2.24) is 4.90 Å². The first kappa shape index (κ1) is 21.7. The number of methoxy groups -OCH3 is 3. The van der Waals surface area contributed by atoms with Gasteiger partial charge in [-0.2, -0.15) is 0 Å². The topological polar surface area (TPSA) is 48.0 Å². The Morgan fingerprint density at radius 3 is 1.97 bits per heavy atom. The van der Waals surface area contributed by atoms with E-state index in [1.165, 1.54) is 3.20 Å². The summed E-state index contributed by atoms with van der Waals surface area (Å²) in [5.74, 6) is 1.97. The highest BCUT2D eigenvalue weighted by atomic mass is 127. The molecule has 0 atom stereocenters. The molecule has 0 aliphatic carbocycles. The van der Waals surface area contributed by atoms with Crippen LogP contribution in [0.2, 0.25) is 19.6 Å². The molecule has 5 nitrogen and oxygen atoms in total. The highest BCUT2D eigenvalue weighted by Crippen LogP contribution is 2.45. The molecule has 0 radical (unpaired) electrons. The Kier molecular flexibility index (Phi) is 6.28. The summed E-state index contributed by atoms with van der Waals surface area (Å²) in [5.41, 5.74) is 3.59. The standard InChI is InChI=1S/C22H26INO4Si/c1-26-15-9-7-14(8-10-15)13-24-20(21(23)29(4,5)6)16-11-18(27-2)19(28-3)12-17(16)22(24)25/h7-12H,13H2,1-6H3/b21-20-. The first-order valence-electron chi connectivity index (χ1n) is 9.32. The molecular formula is C22H26INO4Si. The summed E-state index contributed by atoms with van der Waals surface area (Å²) in [5, 5.41) is 0. The predicted molar refractivity (Wildman–Crippen MR) is 127 cm³/mol. The Morgan fingerprint density at radius 1 is 0.931 bits per heavy atom. The summed E-state index contributed by atoms with van der Waals surface area (Å²) < 4.78 is 17.4. The largest absolute Gasteiger partial charge is 0.497 e. The molecule has 0 saturated carbocycles. The van der Waals surface area contributed by atoms with Crippen LogP contribution in [-0.4, -0.2) is 40.2 Å². The van der Waals surface area contributed by atoms with E-state index in [9.17, 15) is 4.79 Å². The van der Waals surface area contributed by atoms with Gasteiger partial charge in [-0.15, -0.1) is 0 Å². The molecule has 1 amide bonds. The first-order chi connectivity index (χ1) is 13.7. The van der Waals surface area contributed by atoms with Crippen molar-refractivity contribution >= 4 is 42.3 Å². The summed E-state index contributed by atoms with van der Waals surface area (Å²) in [6, 6.07) is 11.5. The van der Waals surface area contributed by atoms with Gasteiger partial charge in [-0.25, -0.2) is 0 Å². The molecule has 0 N–H and O–H groups in total. The van der Waals surface area contributed by atoms with Crippen molar-refractivity contribution in [2.45, 2.75) is 26.2 Å². The van der Waals surface area contributed by atoms with Crippen LogP contribution < -0.4 is 14.2 Å². The van der Waals surface area contributed by atoms with Gasteiger partial charge in [0, 0.05) is 8.77 Å². The van der Waals surface area contributed by atoms with Crippen molar-refractivity contribution in [1.29, 1.82) is 0 Å². The molecule has 0 fully saturated rings. The van der Waals surface area contributed by atoms with Gasteiger partial charge in [0.1, 0.15) is 5.75 Å². The van der Waals surface area contributed by atoms with E-state index in [1.807, 2.05) is 35.2 Å². The zero-order valence-electron chi connectivity index (χ0n) is 17.6. The van der Waals surface area contributed by atoms with Crippen molar-refractivity contribution in [2.75, 3.05) is 21.3 Å². The number of nitrogens with zero attached hydrogens (tertiary/aromatic N) is 1. The Morgan fingerprint density at radius 2 is 1.48 bits per heavy atom. The molecule has 2 aromatic rings. The van der Waals surface area contributed by atoms with Gasteiger partial charge in [-0.3, -0.25) is 4.79 Å². The summed E-state index contributed by atoms with van der Waals surface area (Å²) >= 11 is 2.42. The number of ether oxygens (including phenoxy) is 3. The van der Waals surface area contributed by atoms with Gasteiger partial charge in [-0.05, 0) is 29.8 Å². The maximum absolute atomic E-state index is 13.4. The fraction of sp³-hybridized carbons (Fsp3) is 0.318. The van der Waals surface area contributed by atoms with Gasteiger partial charge >= 0.3 is 0 Å². The number of hydrogen-bond acceptors (Lipinski definition) is 4. The molecule has 2 aromatic carbocycles. The lowest BCUT2D eigenvalue weighted by Crippen LogP contribution is -2.28. The molecule has 1 heterocycles. The predicted octanol–water partition coefficient (Wildman–Crippen LogP) is 5.35. The third kappa shape index (κ3) is 4.16. The lowest BCUT2D eigenvalue weighted by atomic mass is 10.1. The van der Waals surface area contributed by atoms with Gasteiger partial charge in [-0.1, -0.05) is 54.4 Å². The van der Waals surface area contributed by atoms with E-state index < -0.39 is 8.07 Å². The van der Waals surface area contributed by atoms with E-state index in [-0.39, 0.29) is 5.91 Å². The maximum atomic E-state index is 13.4. The van der Waals surface area contributed by atoms with Crippen LogP contribution in [0.3, 0.4) is 0 Å². The molecule has 29 heavy (non-hydrogen) atoms. The molecule has 1 aliphatic heterocycles. The van der Waals surface area contributed by atoms with Crippen LogP contribution in [0.1, 0.15) is 21.5 Å². The third-order valence-electron chi connectivity index (χ3n) is 4.89. The lowest BCUT2D eigenvalue weighted by Gasteiger charge is -2.25. The fourth-order valence-electron chi connectivity index (χ4n) is 3.30. The number of carbonyl (C=O) groups excluding carboxylic acids is 1. The monoisotopic (exact) mass is 523 g/mol. The molecule has 0 aromatic heterocycles. The number of halogens is 1. The lowest BCUT2D eigenvalue weighted by molar-refractivity contribution is 0.0842. The van der Waals surface area contributed by atoms with Gasteiger partial charge in [0.2, 0.25) is 0 Å². The van der Waals surface area contributed by atoms with Crippen LogP contribution in [0, 0.1) is 0 Å². The minimum Gasteiger partial charge on any atom is -0.497 e. The zero-order chi connectivity index (χ0) is 21.3. The maximum Gasteiger partial charge on any atom is 0.259 e. The summed E-state index contributed by atoms with van der Waals surface area (Å²) in [6.45, 7) is 7.36. The second kappa shape index (κ2) is 8.39. The van der Waals surface area contributed by atoms with Crippen LogP contribution in [0.15, 0.2) is 39.6 Å². The Bertz CT molecular complexity index is 964. The number of amides is 1. The summed E-state index contributed by atoms with van der Waals surface area (Å²) in [6.07, 6.45) is 0. The van der Waals surface area contributed by atoms with Crippen LogP contribution in [0.4, 0.5) is 0 Å². The molecule has 0 saturated heterocycles. The molecule has 0 bridgehead atoms. The Labute approximate surface area is 186 Å². The second-order valence-electron chi connectivity index (χ2n) is 7.90. The van der Waals surface area contributed by atoms with E-state index in [1.54, 1.807) is 27.4 Å². The van der Waals surface area contributed by atoms with Crippen LogP contribution in [0.5, 0.6) is 17.2 Å². The van der Waals surface area contributed by atoms with Crippen LogP contribution in [0.25, 0.3) is 5.70 Å². The number of benzene rings is 2. The van der Waals surface area contributed by atoms with Gasteiger partial charge in [0.25, 0.3) is 5.91 Å². The van der Waals surface area contributed by atoms with E-state index in [4.69, 9.17) is 14.2 Å². The summed E-state index contributed by atoms with van der Waals surface area (Å²) in [7, 11) is 3.18. The van der Waals surface area contributed by atoms with Gasteiger partial charge in [0.15, 0.2) is 11.5 Å². The molecular weight excluding hydrogens is 497 g/mol. The van der Waals surface area contributed by atoms with Gasteiger partial charge < -0.3 is 19.1 Å². The SMILES string of the molecule is COc1ccc(CN2C(=O)c3cc(OC)c(OC)cc3/C2=C(\I)[Si](C)(C)C)cc1. The van der Waals surface area contributed by atoms with Crippen molar-refractivity contribution in [3.05, 3.63) is 56.3 Å². The highest BCUT2D eigenvalue weighted by molar-refractivity contribution is 14.1. The smallest absolute Gasteiger partial charge is 0.259 e. The molecule has 0 unspecified atom stereocenters. The first-order valence-corrected chi connectivity index (χ1v) is 13.9. The second-order valence-corrected chi connectivity index (χ2v) is 15.0. The van der Waals surface area contributed by atoms with E-state index in [0.29, 0.717) is 23.6 Å². The zero-order valence-corrected chi connectivity index (χ0v) is 20.8. The minimum absolute atomic E-state index is 0.0146. The number of carbonyl (C=O) groups is 1. The molecule has 1 aliphatic rings. The van der Waals surface area contributed by atoms with Crippen LogP contribution in [-0.2, 0) is 6.54 Å².